The van der Waals surface area contributed by atoms with Gasteiger partial charge in [0.25, 0.3) is 0 Å². The number of hydrogen-bond donors (Lipinski definition) is 0. The lowest BCUT2D eigenvalue weighted by Gasteiger charge is -2.34. The van der Waals surface area contributed by atoms with Gasteiger partial charge >= 0.3 is 0 Å². The molecule has 3 rings (SSSR count). The van der Waals surface area contributed by atoms with Crippen molar-refractivity contribution >= 4 is 11.6 Å². The molecule has 0 bridgehead atoms. The summed E-state index contributed by atoms with van der Waals surface area (Å²) in [5, 5.41) is 0.788. The first-order valence-corrected chi connectivity index (χ1v) is 8.01. The summed E-state index contributed by atoms with van der Waals surface area (Å²) >= 11 is 6.03. The molecule has 1 saturated heterocycles. The summed E-state index contributed by atoms with van der Waals surface area (Å²) in [7, 11) is 0. The molecule has 0 amide bonds. The van der Waals surface area contributed by atoms with Gasteiger partial charge in [-0.05, 0) is 23.8 Å². The first kappa shape index (κ1) is 15.5. The van der Waals surface area contributed by atoms with Gasteiger partial charge in [-0.25, -0.2) is 4.39 Å². The number of rotatable bonds is 4. The van der Waals surface area contributed by atoms with Crippen LogP contribution < -0.4 is 0 Å². The topological polar surface area (TPSA) is 6.48 Å². The van der Waals surface area contributed by atoms with E-state index >= 15 is 0 Å². The summed E-state index contributed by atoms with van der Waals surface area (Å²) in [5.74, 6) is -0.108. The summed E-state index contributed by atoms with van der Waals surface area (Å²) in [6, 6.07) is 15.1. The maximum atomic E-state index is 13.7. The molecule has 0 aliphatic carbocycles. The zero-order valence-corrected chi connectivity index (χ0v) is 13.3. The highest BCUT2D eigenvalue weighted by Gasteiger charge is 2.18. The predicted octanol–water partition coefficient (Wildman–Crippen LogP) is 3.80. The van der Waals surface area contributed by atoms with E-state index in [-0.39, 0.29) is 5.82 Å². The maximum Gasteiger partial charge on any atom is 0.127 e. The zero-order valence-electron chi connectivity index (χ0n) is 12.5. The van der Waals surface area contributed by atoms with E-state index in [1.807, 2.05) is 30.3 Å². The van der Waals surface area contributed by atoms with Crippen molar-refractivity contribution in [3.05, 3.63) is 70.5 Å². The third-order valence-corrected chi connectivity index (χ3v) is 4.35. The minimum absolute atomic E-state index is 0.108. The molecule has 2 aromatic carbocycles. The molecule has 1 aliphatic rings. The molecule has 0 saturated carbocycles. The third-order valence-electron chi connectivity index (χ3n) is 4.11. The molecule has 2 aromatic rings. The molecular formula is C18H20ClFN2. The maximum absolute atomic E-state index is 13.7. The molecule has 0 atom stereocenters. The Hall–Kier alpha value is -1.42. The molecular weight excluding hydrogens is 299 g/mol. The van der Waals surface area contributed by atoms with Crippen LogP contribution >= 0.6 is 11.6 Å². The predicted molar refractivity (Wildman–Crippen MR) is 88.4 cm³/mol. The fourth-order valence-electron chi connectivity index (χ4n) is 2.87. The molecule has 0 aromatic heterocycles. The van der Waals surface area contributed by atoms with E-state index in [0.29, 0.717) is 6.54 Å². The van der Waals surface area contributed by atoms with E-state index in [4.69, 9.17) is 11.6 Å². The number of halogens is 2. The number of nitrogens with zero attached hydrogens (tertiary/aromatic N) is 2. The second-order valence-electron chi connectivity index (χ2n) is 5.77. The Balaban J connectivity index is 1.51. The van der Waals surface area contributed by atoms with Crippen molar-refractivity contribution in [2.45, 2.75) is 13.1 Å². The molecule has 0 unspecified atom stereocenters. The highest BCUT2D eigenvalue weighted by molar-refractivity contribution is 6.30. The van der Waals surface area contributed by atoms with Gasteiger partial charge in [0.1, 0.15) is 5.82 Å². The van der Waals surface area contributed by atoms with Crippen molar-refractivity contribution in [2.24, 2.45) is 0 Å². The van der Waals surface area contributed by atoms with Gasteiger partial charge in [-0.2, -0.15) is 0 Å². The summed E-state index contributed by atoms with van der Waals surface area (Å²) in [6.45, 7) is 5.55. The molecule has 116 valence electrons. The minimum Gasteiger partial charge on any atom is -0.297 e. The smallest absolute Gasteiger partial charge is 0.127 e. The molecule has 0 N–H and O–H groups in total. The van der Waals surface area contributed by atoms with E-state index in [9.17, 15) is 4.39 Å². The van der Waals surface area contributed by atoms with Crippen LogP contribution in [0, 0.1) is 5.82 Å². The first-order valence-electron chi connectivity index (χ1n) is 7.63. The van der Waals surface area contributed by atoms with Crippen molar-refractivity contribution in [3.63, 3.8) is 0 Å². The Kier molecular flexibility index (Phi) is 5.08. The summed E-state index contributed by atoms with van der Waals surface area (Å²) in [6.07, 6.45) is 0. The average Bonchev–Trinajstić information content (AvgIpc) is 2.52. The Morgan fingerprint density at radius 2 is 1.55 bits per heavy atom. The fraction of sp³-hybridized carbons (Fsp3) is 0.333. The van der Waals surface area contributed by atoms with Crippen LogP contribution in [0.5, 0.6) is 0 Å². The summed E-state index contributed by atoms with van der Waals surface area (Å²) in [4.78, 5) is 4.73. The van der Waals surface area contributed by atoms with Gasteiger partial charge in [0.15, 0.2) is 0 Å². The van der Waals surface area contributed by atoms with E-state index in [1.54, 1.807) is 6.07 Å². The highest BCUT2D eigenvalue weighted by Crippen LogP contribution is 2.15. The van der Waals surface area contributed by atoms with E-state index in [1.165, 1.54) is 11.6 Å². The monoisotopic (exact) mass is 318 g/mol. The van der Waals surface area contributed by atoms with Gasteiger partial charge in [0.2, 0.25) is 0 Å². The second-order valence-corrected chi connectivity index (χ2v) is 6.21. The molecule has 4 heteroatoms. The molecule has 0 radical (unpaired) electrons. The quantitative estimate of drug-likeness (QED) is 0.846. The summed E-state index contributed by atoms with van der Waals surface area (Å²) < 4.78 is 13.7. The first-order chi connectivity index (χ1) is 10.7. The van der Waals surface area contributed by atoms with Gasteiger partial charge in [-0.3, -0.25) is 9.80 Å². The van der Waals surface area contributed by atoms with Gasteiger partial charge in [-0.1, -0.05) is 41.9 Å². The molecule has 2 nitrogen and oxygen atoms in total. The number of benzene rings is 2. The second kappa shape index (κ2) is 7.23. The lowest BCUT2D eigenvalue weighted by atomic mass is 10.1. The largest absolute Gasteiger partial charge is 0.297 e. The Morgan fingerprint density at radius 3 is 2.23 bits per heavy atom. The summed E-state index contributed by atoms with van der Waals surface area (Å²) in [5.41, 5.74) is 2.03. The zero-order chi connectivity index (χ0) is 15.4. The van der Waals surface area contributed by atoms with Crippen molar-refractivity contribution in [2.75, 3.05) is 26.2 Å². The normalized spacial score (nSPS) is 16.8. The molecule has 1 fully saturated rings. The van der Waals surface area contributed by atoms with Gasteiger partial charge < -0.3 is 0 Å². The standard InChI is InChI=1S/C18H20ClFN2/c19-17-6-3-4-15(12-17)13-21-8-10-22(11-9-21)14-16-5-1-2-7-18(16)20/h1-7,12H,8-11,13-14H2. The van der Waals surface area contributed by atoms with Crippen LogP contribution in [0.3, 0.4) is 0 Å². The van der Waals surface area contributed by atoms with Gasteiger partial charge in [0, 0.05) is 49.9 Å². The van der Waals surface area contributed by atoms with Crippen molar-refractivity contribution < 1.29 is 4.39 Å². The van der Waals surface area contributed by atoms with Crippen LogP contribution in [0.25, 0.3) is 0 Å². The van der Waals surface area contributed by atoms with E-state index < -0.39 is 0 Å². The van der Waals surface area contributed by atoms with Crippen LogP contribution in [0.15, 0.2) is 48.5 Å². The van der Waals surface area contributed by atoms with Crippen LogP contribution in [-0.2, 0) is 13.1 Å². The number of hydrogen-bond acceptors (Lipinski definition) is 2. The number of piperazine rings is 1. The van der Waals surface area contributed by atoms with Crippen molar-refractivity contribution in [3.8, 4) is 0 Å². The average molecular weight is 319 g/mol. The third kappa shape index (κ3) is 4.07. The Labute approximate surface area is 136 Å². The Morgan fingerprint density at radius 1 is 0.864 bits per heavy atom. The van der Waals surface area contributed by atoms with Crippen LogP contribution in [0.1, 0.15) is 11.1 Å². The van der Waals surface area contributed by atoms with Crippen LogP contribution in [-0.4, -0.2) is 36.0 Å². The van der Waals surface area contributed by atoms with E-state index in [0.717, 1.165) is 43.3 Å². The molecule has 1 aliphatic heterocycles. The van der Waals surface area contributed by atoms with Crippen molar-refractivity contribution in [1.82, 2.24) is 9.80 Å². The van der Waals surface area contributed by atoms with Gasteiger partial charge in [-0.15, -0.1) is 0 Å². The lowest BCUT2D eigenvalue weighted by Crippen LogP contribution is -2.45. The van der Waals surface area contributed by atoms with E-state index in [2.05, 4.69) is 15.9 Å². The van der Waals surface area contributed by atoms with Crippen molar-refractivity contribution in [1.29, 1.82) is 0 Å². The molecule has 22 heavy (non-hydrogen) atoms. The Bertz CT molecular complexity index is 624. The van der Waals surface area contributed by atoms with Gasteiger partial charge in [0.05, 0.1) is 0 Å². The van der Waals surface area contributed by atoms with Crippen LogP contribution in [0.2, 0.25) is 5.02 Å². The molecule has 1 heterocycles. The minimum atomic E-state index is -0.108. The lowest BCUT2D eigenvalue weighted by molar-refractivity contribution is 0.121. The molecule has 0 spiro atoms. The fourth-order valence-corrected chi connectivity index (χ4v) is 3.08. The van der Waals surface area contributed by atoms with Crippen LogP contribution in [0.4, 0.5) is 4.39 Å². The SMILES string of the molecule is Fc1ccccc1CN1CCN(Cc2cccc(Cl)c2)CC1. The highest BCUT2D eigenvalue weighted by atomic mass is 35.5.